The molecule has 0 spiro atoms. The van der Waals surface area contributed by atoms with Gasteiger partial charge in [-0.1, -0.05) is 24.3 Å². The Morgan fingerprint density at radius 2 is 1.69 bits per heavy atom. The Hall–Kier alpha value is -3.05. The lowest BCUT2D eigenvalue weighted by molar-refractivity contribution is -0.137. The van der Waals surface area contributed by atoms with Gasteiger partial charge in [0, 0.05) is 32.7 Å². The molecule has 1 aliphatic heterocycles. The number of carbonyl (C=O) groups is 1. The third-order valence-corrected chi connectivity index (χ3v) is 4.77. The third-order valence-electron chi connectivity index (χ3n) is 4.77. The van der Waals surface area contributed by atoms with Crippen molar-refractivity contribution < 1.29 is 22.7 Å². The van der Waals surface area contributed by atoms with Gasteiger partial charge in [0.1, 0.15) is 11.8 Å². The van der Waals surface area contributed by atoms with Crippen LogP contribution in [0.5, 0.6) is 5.75 Å². The van der Waals surface area contributed by atoms with Crippen molar-refractivity contribution in [3.63, 3.8) is 0 Å². The molecule has 2 aromatic carbocycles. The van der Waals surface area contributed by atoms with Gasteiger partial charge in [0.15, 0.2) is 6.61 Å². The zero-order valence-corrected chi connectivity index (χ0v) is 15.7. The summed E-state index contributed by atoms with van der Waals surface area (Å²) in [7, 11) is 0. The van der Waals surface area contributed by atoms with Crippen molar-refractivity contribution in [1.29, 1.82) is 5.26 Å². The van der Waals surface area contributed by atoms with Gasteiger partial charge in [-0.25, -0.2) is 0 Å². The van der Waals surface area contributed by atoms with E-state index < -0.39 is 11.7 Å². The first-order valence-corrected chi connectivity index (χ1v) is 9.15. The van der Waals surface area contributed by atoms with Crippen molar-refractivity contribution in [2.24, 2.45) is 0 Å². The fourth-order valence-corrected chi connectivity index (χ4v) is 3.13. The average molecular weight is 403 g/mol. The Morgan fingerprint density at radius 3 is 2.31 bits per heavy atom. The zero-order valence-electron chi connectivity index (χ0n) is 15.7. The highest BCUT2D eigenvalue weighted by Crippen LogP contribution is 2.29. The molecule has 2 aromatic rings. The summed E-state index contributed by atoms with van der Waals surface area (Å²) in [6.07, 6.45) is -4.33. The number of para-hydroxylation sites is 1. The molecule has 1 fully saturated rings. The lowest BCUT2D eigenvalue weighted by atomic mass is 10.1. The van der Waals surface area contributed by atoms with Crippen LogP contribution in [0, 0.1) is 11.3 Å². The van der Waals surface area contributed by atoms with Crippen molar-refractivity contribution in [3.8, 4) is 11.8 Å². The second-order valence-electron chi connectivity index (χ2n) is 6.75. The van der Waals surface area contributed by atoms with Crippen LogP contribution >= 0.6 is 0 Å². The van der Waals surface area contributed by atoms with Crippen LogP contribution in [0.25, 0.3) is 0 Å². The number of nitrogens with zero attached hydrogens (tertiary/aromatic N) is 3. The van der Waals surface area contributed by atoms with Crippen molar-refractivity contribution >= 4 is 5.91 Å². The number of hydrogen-bond acceptors (Lipinski definition) is 4. The molecule has 0 saturated carbocycles. The molecule has 1 amide bonds. The van der Waals surface area contributed by atoms with Crippen molar-refractivity contribution in [2.45, 2.75) is 12.7 Å². The minimum atomic E-state index is -4.33. The molecule has 5 nitrogen and oxygen atoms in total. The summed E-state index contributed by atoms with van der Waals surface area (Å²) in [5.41, 5.74) is 0.519. The number of ether oxygens (including phenoxy) is 1. The second kappa shape index (κ2) is 8.97. The standard InChI is InChI=1S/C21H20F3N3O2/c22-21(23,24)18-7-5-16(6-8-18)14-26-9-11-27(12-10-26)20(28)15-29-19-4-2-1-3-17(19)13-25/h1-8H,9-12,14-15H2. The van der Waals surface area contributed by atoms with Crippen LogP contribution < -0.4 is 4.74 Å². The summed E-state index contributed by atoms with van der Waals surface area (Å²) in [6, 6.07) is 13.9. The summed E-state index contributed by atoms with van der Waals surface area (Å²) < 4.78 is 43.4. The van der Waals surface area contributed by atoms with E-state index in [-0.39, 0.29) is 12.5 Å². The van der Waals surface area contributed by atoms with E-state index in [0.717, 1.165) is 17.7 Å². The van der Waals surface area contributed by atoms with Crippen molar-refractivity contribution in [3.05, 3.63) is 65.2 Å². The maximum absolute atomic E-state index is 12.6. The number of halogens is 3. The Kier molecular flexibility index (Phi) is 6.39. The monoisotopic (exact) mass is 403 g/mol. The first kappa shape index (κ1) is 20.7. The van der Waals surface area contributed by atoms with Crippen LogP contribution in [-0.2, 0) is 17.5 Å². The Balaban J connectivity index is 1.46. The van der Waals surface area contributed by atoms with Crippen LogP contribution in [0.3, 0.4) is 0 Å². The fourth-order valence-electron chi connectivity index (χ4n) is 3.13. The maximum atomic E-state index is 12.6. The van der Waals surface area contributed by atoms with Gasteiger partial charge < -0.3 is 9.64 Å². The van der Waals surface area contributed by atoms with Gasteiger partial charge in [-0.2, -0.15) is 18.4 Å². The number of nitriles is 1. The molecule has 3 rings (SSSR count). The number of hydrogen-bond donors (Lipinski definition) is 0. The highest BCUT2D eigenvalue weighted by Gasteiger charge is 2.30. The Morgan fingerprint density at radius 1 is 1.03 bits per heavy atom. The summed E-state index contributed by atoms with van der Waals surface area (Å²) in [5, 5.41) is 9.05. The predicted octanol–water partition coefficient (Wildman–Crippen LogP) is 3.30. The van der Waals surface area contributed by atoms with Gasteiger partial charge in [0.2, 0.25) is 0 Å². The highest BCUT2D eigenvalue weighted by atomic mass is 19.4. The van der Waals surface area contributed by atoms with Gasteiger partial charge in [-0.15, -0.1) is 0 Å². The first-order valence-electron chi connectivity index (χ1n) is 9.15. The van der Waals surface area contributed by atoms with Crippen LogP contribution in [-0.4, -0.2) is 48.5 Å². The molecule has 29 heavy (non-hydrogen) atoms. The molecule has 152 valence electrons. The minimum absolute atomic E-state index is 0.141. The molecule has 0 unspecified atom stereocenters. The highest BCUT2D eigenvalue weighted by molar-refractivity contribution is 5.78. The maximum Gasteiger partial charge on any atom is 0.416 e. The molecule has 0 bridgehead atoms. The fraction of sp³-hybridized carbons (Fsp3) is 0.333. The second-order valence-corrected chi connectivity index (χ2v) is 6.75. The number of carbonyl (C=O) groups excluding carboxylic acids is 1. The van der Waals surface area contributed by atoms with Gasteiger partial charge in [0.25, 0.3) is 5.91 Å². The molecule has 0 atom stereocenters. The van der Waals surface area contributed by atoms with Crippen LogP contribution in [0.15, 0.2) is 48.5 Å². The molecule has 0 aliphatic carbocycles. The molecule has 0 aromatic heterocycles. The summed E-state index contributed by atoms with van der Waals surface area (Å²) in [4.78, 5) is 16.1. The predicted molar refractivity (Wildman–Crippen MR) is 100.0 cm³/mol. The van der Waals surface area contributed by atoms with E-state index in [1.807, 2.05) is 6.07 Å². The smallest absolute Gasteiger partial charge is 0.416 e. The molecular weight excluding hydrogens is 383 g/mol. The average Bonchev–Trinajstić information content (AvgIpc) is 2.72. The number of rotatable bonds is 5. The third kappa shape index (κ3) is 5.48. The zero-order chi connectivity index (χ0) is 20.9. The van der Waals surface area contributed by atoms with E-state index in [9.17, 15) is 18.0 Å². The van der Waals surface area contributed by atoms with Gasteiger partial charge in [-0.05, 0) is 29.8 Å². The Labute approximate surface area is 166 Å². The number of alkyl halides is 3. The topological polar surface area (TPSA) is 56.6 Å². The lowest BCUT2D eigenvalue weighted by Crippen LogP contribution is -2.49. The molecule has 0 radical (unpaired) electrons. The van der Waals surface area contributed by atoms with Crippen LogP contribution in [0.1, 0.15) is 16.7 Å². The molecule has 1 aliphatic rings. The molecule has 1 heterocycles. The molecule has 8 heteroatoms. The van der Waals surface area contributed by atoms with E-state index in [0.29, 0.717) is 44.0 Å². The number of amides is 1. The quantitative estimate of drug-likeness (QED) is 0.769. The van der Waals surface area contributed by atoms with Gasteiger partial charge in [0.05, 0.1) is 11.1 Å². The van der Waals surface area contributed by atoms with E-state index >= 15 is 0 Å². The van der Waals surface area contributed by atoms with Crippen LogP contribution in [0.2, 0.25) is 0 Å². The van der Waals surface area contributed by atoms with E-state index in [1.165, 1.54) is 12.1 Å². The first-order chi connectivity index (χ1) is 13.9. The van der Waals surface area contributed by atoms with Gasteiger partial charge in [-0.3, -0.25) is 9.69 Å². The molecule has 1 saturated heterocycles. The van der Waals surface area contributed by atoms with E-state index in [1.54, 1.807) is 29.2 Å². The number of piperazine rings is 1. The van der Waals surface area contributed by atoms with Crippen molar-refractivity contribution in [1.82, 2.24) is 9.80 Å². The summed E-state index contributed by atoms with van der Waals surface area (Å²) >= 11 is 0. The normalized spacial score (nSPS) is 15.0. The van der Waals surface area contributed by atoms with Crippen LogP contribution in [0.4, 0.5) is 13.2 Å². The lowest BCUT2D eigenvalue weighted by Gasteiger charge is -2.34. The van der Waals surface area contributed by atoms with E-state index in [4.69, 9.17) is 10.00 Å². The molecule has 0 N–H and O–H groups in total. The van der Waals surface area contributed by atoms with Gasteiger partial charge >= 0.3 is 6.18 Å². The summed E-state index contributed by atoms with van der Waals surface area (Å²) in [6.45, 7) is 2.68. The largest absolute Gasteiger partial charge is 0.482 e. The number of benzene rings is 2. The van der Waals surface area contributed by atoms with E-state index in [2.05, 4.69) is 4.90 Å². The minimum Gasteiger partial charge on any atom is -0.482 e. The van der Waals surface area contributed by atoms with Crippen molar-refractivity contribution in [2.75, 3.05) is 32.8 Å². The molecular formula is C21H20F3N3O2. The SMILES string of the molecule is N#Cc1ccccc1OCC(=O)N1CCN(Cc2ccc(C(F)(F)F)cc2)CC1. The summed E-state index contributed by atoms with van der Waals surface area (Å²) in [5.74, 6) is 0.219. The Bertz CT molecular complexity index is 883.